The number of rotatable bonds is 8. The van der Waals surface area contributed by atoms with Crippen LogP contribution >= 0.6 is 0 Å². The van der Waals surface area contributed by atoms with Crippen molar-refractivity contribution in [3.05, 3.63) is 53.7 Å². The Bertz CT molecular complexity index is 704. The van der Waals surface area contributed by atoms with E-state index in [-0.39, 0.29) is 11.9 Å². The first-order valence-electron chi connectivity index (χ1n) is 10.0. The Morgan fingerprint density at radius 2 is 2.00 bits per heavy atom. The fraction of sp³-hybridized carbons (Fsp3) is 0.545. The zero-order valence-corrected chi connectivity index (χ0v) is 16.7. The van der Waals surface area contributed by atoms with Crippen molar-refractivity contribution in [1.29, 1.82) is 0 Å². The van der Waals surface area contributed by atoms with Gasteiger partial charge in [0.25, 0.3) is 5.91 Å². The molecule has 0 radical (unpaired) electrons. The predicted molar refractivity (Wildman–Crippen MR) is 106 cm³/mol. The second-order valence-electron chi connectivity index (χ2n) is 7.83. The molecular weight excluding hydrogens is 338 g/mol. The Balaban J connectivity index is 1.66. The SMILES string of the molecule is CC(C)[C@@H](C)N(Cc1ccco1)C(=O)c1ccc(CCN2CCCC2)nc1. The highest BCUT2D eigenvalue weighted by Gasteiger charge is 2.25. The molecule has 3 heterocycles. The van der Waals surface area contributed by atoms with E-state index in [0.29, 0.717) is 18.0 Å². The molecule has 146 valence electrons. The standard InChI is InChI=1S/C22H31N3O2/c1-17(2)18(3)25(16-21-7-6-14-27-21)22(26)19-8-9-20(23-15-19)10-13-24-11-4-5-12-24/h6-9,14-15,17-18H,4-5,10-13,16H2,1-3H3/t18-/m1/s1. The number of carbonyl (C=O) groups is 1. The fourth-order valence-electron chi connectivity index (χ4n) is 3.47. The molecule has 27 heavy (non-hydrogen) atoms. The number of aromatic nitrogens is 1. The molecule has 1 aliphatic heterocycles. The molecule has 2 aromatic heterocycles. The van der Waals surface area contributed by atoms with Gasteiger partial charge in [-0.15, -0.1) is 0 Å². The van der Waals surface area contributed by atoms with Gasteiger partial charge in [0.05, 0.1) is 18.4 Å². The van der Waals surface area contributed by atoms with Crippen molar-refractivity contribution in [1.82, 2.24) is 14.8 Å². The summed E-state index contributed by atoms with van der Waals surface area (Å²) < 4.78 is 5.47. The molecule has 0 N–H and O–H groups in total. The topological polar surface area (TPSA) is 49.6 Å². The van der Waals surface area contributed by atoms with E-state index in [9.17, 15) is 4.79 Å². The van der Waals surface area contributed by atoms with Gasteiger partial charge in [-0.3, -0.25) is 9.78 Å². The van der Waals surface area contributed by atoms with E-state index >= 15 is 0 Å². The van der Waals surface area contributed by atoms with Gasteiger partial charge in [-0.2, -0.15) is 0 Å². The van der Waals surface area contributed by atoms with E-state index in [2.05, 4.69) is 30.7 Å². The first-order chi connectivity index (χ1) is 13.0. The molecule has 1 amide bonds. The van der Waals surface area contributed by atoms with Gasteiger partial charge in [0, 0.05) is 30.9 Å². The lowest BCUT2D eigenvalue weighted by Crippen LogP contribution is -2.41. The third kappa shape index (κ3) is 5.19. The van der Waals surface area contributed by atoms with Crippen molar-refractivity contribution in [3.8, 4) is 0 Å². The molecule has 0 bridgehead atoms. The molecule has 0 spiro atoms. The predicted octanol–water partition coefficient (Wildman–Crippen LogP) is 4.00. The largest absolute Gasteiger partial charge is 0.467 e. The lowest BCUT2D eigenvalue weighted by molar-refractivity contribution is 0.0610. The molecule has 1 fully saturated rings. The minimum atomic E-state index is 0.00573. The summed E-state index contributed by atoms with van der Waals surface area (Å²) in [7, 11) is 0. The van der Waals surface area contributed by atoms with Crippen LogP contribution < -0.4 is 0 Å². The highest BCUT2D eigenvalue weighted by atomic mass is 16.3. The molecule has 0 aliphatic carbocycles. The van der Waals surface area contributed by atoms with E-state index in [1.54, 1.807) is 12.5 Å². The van der Waals surface area contributed by atoms with E-state index in [0.717, 1.165) is 24.4 Å². The number of likely N-dealkylation sites (tertiary alicyclic amines) is 1. The van der Waals surface area contributed by atoms with Crippen LogP contribution in [-0.4, -0.2) is 46.4 Å². The smallest absolute Gasteiger partial charge is 0.256 e. The molecule has 1 aliphatic rings. The molecule has 3 rings (SSSR count). The average molecular weight is 370 g/mol. The van der Waals surface area contributed by atoms with E-state index in [1.165, 1.54) is 25.9 Å². The van der Waals surface area contributed by atoms with Crippen LogP contribution in [0.15, 0.2) is 41.1 Å². The van der Waals surface area contributed by atoms with Gasteiger partial charge < -0.3 is 14.2 Å². The van der Waals surface area contributed by atoms with E-state index < -0.39 is 0 Å². The zero-order chi connectivity index (χ0) is 19.2. The summed E-state index contributed by atoms with van der Waals surface area (Å²) in [6.07, 6.45) is 6.92. The van der Waals surface area contributed by atoms with Gasteiger partial charge in [0.15, 0.2) is 0 Å². The van der Waals surface area contributed by atoms with Crippen molar-refractivity contribution in [2.75, 3.05) is 19.6 Å². The zero-order valence-electron chi connectivity index (χ0n) is 16.7. The van der Waals surface area contributed by atoms with Crippen molar-refractivity contribution in [2.45, 2.75) is 52.6 Å². The summed E-state index contributed by atoms with van der Waals surface area (Å²) >= 11 is 0. The maximum absolute atomic E-state index is 13.1. The molecule has 5 nitrogen and oxygen atoms in total. The molecule has 1 saturated heterocycles. The molecular formula is C22H31N3O2. The first kappa shape index (κ1) is 19.6. The summed E-state index contributed by atoms with van der Waals surface area (Å²) in [6, 6.07) is 7.78. The number of carbonyl (C=O) groups excluding carboxylic acids is 1. The van der Waals surface area contributed by atoms with Crippen LogP contribution in [-0.2, 0) is 13.0 Å². The third-order valence-electron chi connectivity index (χ3n) is 5.58. The first-order valence-corrected chi connectivity index (χ1v) is 10.0. The van der Waals surface area contributed by atoms with Crippen LogP contribution in [0.4, 0.5) is 0 Å². The van der Waals surface area contributed by atoms with Gasteiger partial charge in [-0.05, 0) is 63.0 Å². The van der Waals surface area contributed by atoms with E-state index in [4.69, 9.17) is 4.42 Å². The normalized spacial score (nSPS) is 16.0. The van der Waals surface area contributed by atoms with Crippen molar-refractivity contribution in [3.63, 3.8) is 0 Å². The number of nitrogens with zero attached hydrogens (tertiary/aromatic N) is 3. The summed E-state index contributed by atoms with van der Waals surface area (Å²) in [5, 5.41) is 0. The third-order valence-corrected chi connectivity index (χ3v) is 5.58. The van der Waals surface area contributed by atoms with Gasteiger partial charge >= 0.3 is 0 Å². The number of amides is 1. The number of hydrogen-bond donors (Lipinski definition) is 0. The average Bonchev–Trinajstić information content (AvgIpc) is 3.37. The lowest BCUT2D eigenvalue weighted by Gasteiger charge is -2.31. The monoisotopic (exact) mass is 369 g/mol. The maximum Gasteiger partial charge on any atom is 0.256 e. The van der Waals surface area contributed by atoms with Crippen LogP contribution in [0.5, 0.6) is 0 Å². The summed E-state index contributed by atoms with van der Waals surface area (Å²) in [5.41, 5.74) is 1.69. The van der Waals surface area contributed by atoms with Crippen molar-refractivity contribution < 1.29 is 9.21 Å². The van der Waals surface area contributed by atoms with Gasteiger partial charge in [0.1, 0.15) is 5.76 Å². The van der Waals surface area contributed by atoms with Crippen LogP contribution in [0.3, 0.4) is 0 Å². The Hall–Kier alpha value is -2.14. The molecule has 0 saturated carbocycles. The Labute approximate surface area is 162 Å². The number of hydrogen-bond acceptors (Lipinski definition) is 4. The number of furan rings is 1. The van der Waals surface area contributed by atoms with E-state index in [1.807, 2.05) is 29.2 Å². The Morgan fingerprint density at radius 3 is 2.59 bits per heavy atom. The highest BCUT2D eigenvalue weighted by molar-refractivity contribution is 5.94. The highest BCUT2D eigenvalue weighted by Crippen LogP contribution is 2.18. The molecule has 0 aromatic carbocycles. The summed E-state index contributed by atoms with van der Waals surface area (Å²) in [5.74, 6) is 1.16. The number of pyridine rings is 1. The maximum atomic E-state index is 13.1. The van der Waals surface area contributed by atoms with Crippen LogP contribution in [0.1, 0.15) is 55.4 Å². The Morgan fingerprint density at radius 1 is 1.22 bits per heavy atom. The molecule has 2 aromatic rings. The second kappa shape index (κ2) is 9.18. The van der Waals surface area contributed by atoms with Gasteiger partial charge in [-0.1, -0.05) is 13.8 Å². The van der Waals surface area contributed by atoms with Crippen LogP contribution in [0, 0.1) is 5.92 Å². The van der Waals surface area contributed by atoms with Crippen molar-refractivity contribution in [2.24, 2.45) is 5.92 Å². The quantitative estimate of drug-likeness (QED) is 0.706. The fourth-order valence-corrected chi connectivity index (χ4v) is 3.47. The molecule has 0 unspecified atom stereocenters. The Kier molecular flexibility index (Phi) is 6.67. The minimum absolute atomic E-state index is 0.00573. The lowest BCUT2D eigenvalue weighted by atomic mass is 10.0. The molecule has 5 heteroatoms. The molecule has 1 atom stereocenters. The van der Waals surface area contributed by atoms with Crippen LogP contribution in [0.2, 0.25) is 0 Å². The van der Waals surface area contributed by atoms with Crippen molar-refractivity contribution >= 4 is 5.91 Å². The second-order valence-corrected chi connectivity index (χ2v) is 7.83. The van der Waals surface area contributed by atoms with Gasteiger partial charge in [-0.25, -0.2) is 0 Å². The summed E-state index contributed by atoms with van der Waals surface area (Å²) in [4.78, 5) is 22.0. The summed E-state index contributed by atoms with van der Waals surface area (Å²) in [6.45, 7) is 10.3. The van der Waals surface area contributed by atoms with Crippen LogP contribution in [0.25, 0.3) is 0 Å². The minimum Gasteiger partial charge on any atom is -0.467 e. The van der Waals surface area contributed by atoms with Gasteiger partial charge in [0.2, 0.25) is 0 Å².